The first-order valence-electron chi connectivity index (χ1n) is 6.79. The van der Waals surface area contributed by atoms with Gasteiger partial charge in [0.25, 0.3) is 0 Å². The Labute approximate surface area is 114 Å². The van der Waals surface area contributed by atoms with E-state index in [4.69, 9.17) is 0 Å². The molecule has 1 heterocycles. The summed E-state index contributed by atoms with van der Waals surface area (Å²) in [5, 5.41) is 0.972. The van der Waals surface area contributed by atoms with Gasteiger partial charge in [-0.2, -0.15) is 0 Å². The van der Waals surface area contributed by atoms with E-state index >= 15 is 0 Å². The molecule has 1 atom stereocenters. The average Bonchev–Trinajstić information content (AvgIpc) is 2.21. The molecule has 1 aliphatic rings. The molecule has 3 heteroatoms. The number of rotatable bonds is 3. The van der Waals surface area contributed by atoms with Gasteiger partial charge in [-0.3, -0.25) is 4.79 Å². The van der Waals surface area contributed by atoms with Crippen molar-refractivity contribution in [3.05, 3.63) is 0 Å². The van der Waals surface area contributed by atoms with Crippen molar-refractivity contribution in [3.8, 4) is 0 Å². The number of carbonyl (C=O) groups excluding carboxylic acids is 1. The zero-order chi connectivity index (χ0) is 12.9. The van der Waals surface area contributed by atoms with Crippen LogP contribution in [0, 0.1) is 11.3 Å². The standard InChI is InChI=1S/C14H26BrNO/c1-14(2,3)12(10-15)11-16-9-7-5-4-6-8-13(16)17/h12H,4-11H2,1-3H3. The first-order valence-corrected chi connectivity index (χ1v) is 7.91. The van der Waals surface area contributed by atoms with Crippen LogP contribution in [0.15, 0.2) is 0 Å². The van der Waals surface area contributed by atoms with Crippen LogP contribution >= 0.6 is 15.9 Å². The second-order valence-electron chi connectivity index (χ2n) is 6.22. The van der Waals surface area contributed by atoms with E-state index in [2.05, 4.69) is 41.6 Å². The summed E-state index contributed by atoms with van der Waals surface area (Å²) in [6.45, 7) is 8.64. The van der Waals surface area contributed by atoms with Gasteiger partial charge < -0.3 is 4.90 Å². The third-order valence-electron chi connectivity index (χ3n) is 3.77. The van der Waals surface area contributed by atoms with E-state index in [0.29, 0.717) is 11.8 Å². The zero-order valence-electron chi connectivity index (χ0n) is 11.5. The number of carbonyl (C=O) groups is 1. The predicted octanol–water partition coefficient (Wildman–Crippen LogP) is 3.84. The lowest BCUT2D eigenvalue weighted by atomic mass is 9.81. The van der Waals surface area contributed by atoms with Crippen molar-refractivity contribution in [3.63, 3.8) is 0 Å². The molecule has 0 aromatic carbocycles. The van der Waals surface area contributed by atoms with Gasteiger partial charge in [-0.25, -0.2) is 0 Å². The SMILES string of the molecule is CC(C)(C)C(CBr)CN1CCCCCCC1=O. The highest BCUT2D eigenvalue weighted by Gasteiger charge is 2.27. The quantitative estimate of drug-likeness (QED) is 0.726. The van der Waals surface area contributed by atoms with Crippen molar-refractivity contribution in [2.75, 3.05) is 18.4 Å². The molecule has 0 bridgehead atoms. The lowest BCUT2D eigenvalue weighted by Gasteiger charge is -2.35. The molecule has 0 aliphatic carbocycles. The molecule has 2 nitrogen and oxygen atoms in total. The summed E-state index contributed by atoms with van der Waals surface area (Å²) in [6, 6.07) is 0. The molecule has 0 N–H and O–H groups in total. The molecule has 1 amide bonds. The lowest BCUT2D eigenvalue weighted by molar-refractivity contribution is -0.132. The number of hydrogen-bond acceptors (Lipinski definition) is 1. The third kappa shape index (κ3) is 4.99. The van der Waals surface area contributed by atoms with Crippen molar-refractivity contribution >= 4 is 21.8 Å². The number of alkyl halides is 1. The minimum atomic E-state index is 0.256. The molecule has 1 aliphatic heterocycles. The Hall–Kier alpha value is -0.0500. The highest BCUT2D eigenvalue weighted by atomic mass is 79.9. The van der Waals surface area contributed by atoms with Crippen LogP contribution in [0.25, 0.3) is 0 Å². The molecular weight excluding hydrogens is 278 g/mol. The summed E-state index contributed by atoms with van der Waals surface area (Å²) in [7, 11) is 0. The van der Waals surface area contributed by atoms with Gasteiger partial charge in [0.05, 0.1) is 0 Å². The van der Waals surface area contributed by atoms with Crippen LogP contribution in [0.4, 0.5) is 0 Å². The maximum Gasteiger partial charge on any atom is 0.222 e. The van der Waals surface area contributed by atoms with Gasteiger partial charge >= 0.3 is 0 Å². The van der Waals surface area contributed by atoms with Crippen molar-refractivity contribution in [2.24, 2.45) is 11.3 Å². The smallest absolute Gasteiger partial charge is 0.222 e. The largest absolute Gasteiger partial charge is 0.342 e. The van der Waals surface area contributed by atoms with Crippen LogP contribution in [0.1, 0.15) is 52.9 Å². The Kier molecular flexibility index (Phi) is 5.98. The first-order chi connectivity index (χ1) is 7.95. The fourth-order valence-electron chi connectivity index (χ4n) is 2.23. The maximum atomic E-state index is 12.1. The van der Waals surface area contributed by atoms with Crippen LogP contribution in [0.5, 0.6) is 0 Å². The van der Waals surface area contributed by atoms with Gasteiger partial charge in [-0.1, -0.05) is 49.5 Å². The highest BCUT2D eigenvalue weighted by molar-refractivity contribution is 9.09. The van der Waals surface area contributed by atoms with Crippen LogP contribution in [0.3, 0.4) is 0 Å². The fourth-order valence-corrected chi connectivity index (χ4v) is 3.40. The van der Waals surface area contributed by atoms with Crippen molar-refractivity contribution in [1.29, 1.82) is 0 Å². The summed E-state index contributed by atoms with van der Waals surface area (Å²) in [5.41, 5.74) is 0.256. The Morgan fingerprint density at radius 1 is 1.24 bits per heavy atom. The maximum absolute atomic E-state index is 12.1. The van der Waals surface area contributed by atoms with Gasteiger partial charge in [-0.15, -0.1) is 0 Å². The third-order valence-corrected chi connectivity index (χ3v) is 4.55. The van der Waals surface area contributed by atoms with Gasteiger partial charge in [0.15, 0.2) is 0 Å². The second-order valence-corrected chi connectivity index (χ2v) is 6.87. The minimum absolute atomic E-state index is 0.256. The average molecular weight is 304 g/mol. The summed E-state index contributed by atoms with van der Waals surface area (Å²) in [5.74, 6) is 0.894. The van der Waals surface area contributed by atoms with E-state index in [1.54, 1.807) is 0 Å². The lowest BCUT2D eigenvalue weighted by Crippen LogP contribution is -2.41. The number of halogens is 1. The van der Waals surface area contributed by atoms with E-state index in [-0.39, 0.29) is 5.41 Å². The van der Waals surface area contributed by atoms with Gasteiger partial charge in [-0.05, 0) is 24.2 Å². The summed E-state index contributed by atoms with van der Waals surface area (Å²) < 4.78 is 0. The monoisotopic (exact) mass is 303 g/mol. The van der Waals surface area contributed by atoms with Gasteiger partial charge in [0.2, 0.25) is 5.91 Å². The van der Waals surface area contributed by atoms with Crippen LogP contribution in [-0.2, 0) is 4.79 Å². The zero-order valence-corrected chi connectivity index (χ0v) is 13.1. The van der Waals surface area contributed by atoms with E-state index < -0.39 is 0 Å². The van der Waals surface area contributed by atoms with Crippen molar-refractivity contribution in [1.82, 2.24) is 4.90 Å². The highest BCUT2D eigenvalue weighted by Crippen LogP contribution is 2.29. The van der Waals surface area contributed by atoms with E-state index in [9.17, 15) is 4.79 Å². The predicted molar refractivity (Wildman–Crippen MR) is 76.4 cm³/mol. The molecule has 0 saturated carbocycles. The molecule has 0 aromatic rings. The summed E-state index contributed by atoms with van der Waals surface area (Å²) in [6.07, 6.45) is 5.49. The number of likely N-dealkylation sites (tertiary alicyclic amines) is 1. The molecule has 1 fully saturated rings. The molecule has 1 rings (SSSR count). The van der Waals surface area contributed by atoms with Gasteiger partial charge in [0, 0.05) is 24.8 Å². The molecule has 1 unspecified atom stereocenters. The van der Waals surface area contributed by atoms with Crippen LogP contribution < -0.4 is 0 Å². The molecule has 100 valence electrons. The first kappa shape index (κ1) is 15.0. The van der Waals surface area contributed by atoms with Gasteiger partial charge in [0.1, 0.15) is 0 Å². The van der Waals surface area contributed by atoms with Crippen LogP contribution in [0.2, 0.25) is 0 Å². The minimum Gasteiger partial charge on any atom is -0.342 e. The molecule has 0 aromatic heterocycles. The molecule has 0 radical (unpaired) electrons. The Morgan fingerprint density at radius 2 is 1.88 bits per heavy atom. The number of hydrogen-bond donors (Lipinski definition) is 0. The Morgan fingerprint density at radius 3 is 2.47 bits per heavy atom. The Balaban J connectivity index is 2.59. The molecule has 1 saturated heterocycles. The van der Waals surface area contributed by atoms with E-state index in [1.807, 2.05) is 0 Å². The summed E-state index contributed by atoms with van der Waals surface area (Å²) >= 11 is 3.60. The van der Waals surface area contributed by atoms with Crippen molar-refractivity contribution < 1.29 is 4.79 Å². The molecule has 17 heavy (non-hydrogen) atoms. The number of amides is 1. The fraction of sp³-hybridized carbons (Fsp3) is 0.929. The second kappa shape index (κ2) is 6.77. The number of nitrogens with zero attached hydrogens (tertiary/aromatic N) is 1. The molecule has 0 spiro atoms. The van der Waals surface area contributed by atoms with Crippen molar-refractivity contribution in [2.45, 2.75) is 52.9 Å². The normalized spacial score (nSPS) is 20.9. The van der Waals surface area contributed by atoms with E-state index in [0.717, 1.165) is 31.3 Å². The Bertz CT molecular complexity index is 247. The van der Waals surface area contributed by atoms with E-state index in [1.165, 1.54) is 19.3 Å². The topological polar surface area (TPSA) is 20.3 Å². The molecular formula is C14H26BrNO. The van der Waals surface area contributed by atoms with Crippen LogP contribution in [-0.4, -0.2) is 29.2 Å². The summed E-state index contributed by atoms with van der Waals surface area (Å²) in [4.78, 5) is 14.1.